The Labute approximate surface area is 97.4 Å². The zero-order valence-electron chi connectivity index (χ0n) is 8.46. The molecule has 0 spiro atoms. The number of hydrogen-bond donors (Lipinski definition) is 2. The normalized spacial score (nSPS) is 12.0. The van der Waals surface area contributed by atoms with Crippen LogP contribution in [0.4, 0.5) is 4.79 Å². The minimum Gasteiger partial charge on any atom is -0.465 e. The second kappa shape index (κ2) is 4.81. The van der Waals surface area contributed by atoms with Crippen LogP contribution >= 0.6 is 11.3 Å². The van der Waals surface area contributed by atoms with E-state index in [0.29, 0.717) is 0 Å². The minimum absolute atomic E-state index is 0.287. The van der Waals surface area contributed by atoms with E-state index in [1.54, 1.807) is 11.3 Å². The summed E-state index contributed by atoms with van der Waals surface area (Å²) < 4.78 is 0. The molecule has 1 aromatic carbocycles. The van der Waals surface area contributed by atoms with Gasteiger partial charge in [0.25, 0.3) is 0 Å². The molecule has 0 aliphatic rings. The van der Waals surface area contributed by atoms with E-state index in [9.17, 15) is 4.79 Å². The third-order valence-corrected chi connectivity index (χ3v) is 2.98. The molecule has 1 unspecified atom stereocenters. The van der Waals surface area contributed by atoms with Crippen molar-refractivity contribution in [3.8, 4) is 0 Å². The molecule has 2 aromatic rings. The Morgan fingerprint density at radius 1 is 1.19 bits per heavy atom. The molecule has 0 bridgehead atoms. The van der Waals surface area contributed by atoms with Crippen molar-refractivity contribution in [3.05, 3.63) is 58.3 Å². The molecular formula is C12H11NO2S. The van der Waals surface area contributed by atoms with Crippen LogP contribution in [0.15, 0.2) is 47.2 Å². The molecule has 0 saturated heterocycles. The predicted molar refractivity (Wildman–Crippen MR) is 63.8 cm³/mol. The van der Waals surface area contributed by atoms with Gasteiger partial charge in [0, 0.05) is 0 Å². The monoisotopic (exact) mass is 233 g/mol. The molecule has 0 fully saturated rings. The summed E-state index contributed by atoms with van der Waals surface area (Å²) in [5.74, 6) is 0. The smallest absolute Gasteiger partial charge is 0.405 e. The Kier molecular flexibility index (Phi) is 3.22. The first-order chi connectivity index (χ1) is 7.77. The van der Waals surface area contributed by atoms with Crippen LogP contribution in [0.2, 0.25) is 0 Å². The van der Waals surface area contributed by atoms with Gasteiger partial charge in [0.1, 0.15) is 0 Å². The number of hydrogen-bond acceptors (Lipinski definition) is 2. The number of thiophene rings is 1. The molecule has 0 aliphatic carbocycles. The predicted octanol–water partition coefficient (Wildman–Crippen LogP) is 3.11. The van der Waals surface area contributed by atoms with Gasteiger partial charge in [0.2, 0.25) is 0 Å². The summed E-state index contributed by atoms with van der Waals surface area (Å²) in [6.45, 7) is 0. The number of amides is 1. The van der Waals surface area contributed by atoms with Crippen LogP contribution in [-0.4, -0.2) is 11.2 Å². The first-order valence-electron chi connectivity index (χ1n) is 4.84. The summed E-state index contributed by atoms with van der Waals surface area (Å²) >= 11 is 1.56. The van der Waals surface area contributed by atoms with Crippen LogP contribution in [0.5, 0.6) is 0 Å². The van der Waals surface area contributed by atoms with Crippen molar-refractivity contribution >= 4 is 17.4 Å². The Morgan fingerprint density at radius 3 is 2.50 bits per heavy atom. The SMILES string of the molecule is O=C(O)NC(c1ccccc1)c1ccsc1. The lowest BCUT2D eigenvalue weighted by Gasteiger charge is -2.16. The zero-order valence-corrected chi connectivity index (χ0v) is 9.28. The van der Waals surface area contributed by atoms with E-state index < -0.39 is 6.09 Å². The Balaban J connectivity index is 2.32. The molecule has 16 heavy (non-hydrogen) atoms. The molecule has 1 atom stereocenters. The van der Waals surface area contributed by atoms with Crippen molar-refractivity contribution in [2.45, 2.75) is 6.04 Å². The fourth-order valence-corrected chi connectivity index (χ4v) is 2.25. The largest absolute Gasteiger partial charge is 0.465 e. The molecule has 0 saturated carbocycles. The summed E-state index contributed by atoms with van der Waals surface area (Å²) in [4.78, 5) is 10.8. The standard InChI is InChI=1S/C12H11NO2S/c14-12(15)13-11(10-6-7-16-8-10)9-4-2-1-3-5-9/h1-8,11,13H,(H,14,15). The van der Waals surface area contributed by atoms with Gasteiger partial charge < -0.3 is 10.4 Å². The fraction of sp³-hybridized carbons (Fsp3) is 0.0833. The highest BCUT2D eigenvalue weighted by Crippen LogP contribution is 2.23. The molecular weight excluding hydrogens is 222 g/mol. The third kappa shape index (κ3) is 2.41. The number of rotatable bonds is 3. The van der Waals surface area contributed by atoms with Gasteiger partial charge in [0.15, 0.2) is 0 Å². The van der Waals surface area contributed by atoms with Gasteiger partial charge in [-0.3, -0.25) is 0 Å². The minimum atomic E-state index is -1.01. The summed E-state index contributed by atoms with van der Waals surface area (Å²) in [6.07, 6.45) is -1.01. The van der Waals surface area contributed by atoms with Crippen molar-refractivity contribution in [2.24, 2.45) is 0 Å². The molecule has 2 rings (SSSR count). The average Bonchev–Trinajstić information content (AvgIpc) is 2.80. The van der Waals surface area contributed by atoms with E-state index in [-0.39, 0.29) is 6.04 Å². The Bertz CT molecular complexity index is 453. The highest BCUT2D eigenvalue weighted by Gasteiger charge is 2.15. The summed E-state index contributed by atoms with van der Waals surface area (Å²) in [5, 5.41) is 15.2. The van der Waals surface area contributed by atoms with Crippen LogP contribution in [0.25, 0.3) is 0 Å². The van der Waals surface area contributed by atoms with Crippen molar-refractivity contribution in [1.82, 2.24) is 5.32 Å². The highest BCUT2D eigenvalue weighted by molar-refractivity contribution is 7.08. The lowest BCUT2D eigenvalue weighted by Crippen LogP contribution is -2.27. The van der Waals surface area contributed by atoms with Gasteiger partial charge in [-0.25, -0.2) is 4.79 Å². The maximum Gasteiger partial charge on any atom is 0.405 e. The zero-order chi connectivity index (χ0) is 11.4. The lowest BCUT2D eigenvalue weighted by molar-refractivity contribution is 0.192. The number of nitrogens with one attached hydrogen (secondary N) is 1. The average molecular weight is 233 g/mol. The van der Waals surface area contributed by atoms with Gasteiger partial charge in [0.05, 0.1) is 6.04 Å². The summed E-state index contributed by atoms with van der Waals surface area (Å²) in [5.41, 5.74) is 1.92. The molecule has 1 amide bonds. The number of benzene rings is 1. The van der Waals surface area contributed by atoms with E-state index in [1.807, 2.05) is 47.2 Å². The molecule has 4 heteroatoms. The topological polar surface area (TPSA) is 49.3 Å². The Hall–Kier alpha value is -1.81. The summed E-state index contributed by atoms with van der Waals surface area (Å²) in [7, 11) is 0. The number of carbonyl (C=O) groups is 1. The molecule has 0 radical (unpaired) electrons. The highest BCUT2D eigenvalue weighted by atomic mass is 32.1. The molecule has 3 nitrogen and oxygen atoms in total. The van der Waals surface area contributed by atoms with E-state index in [0.717, 1.165) is 11.1 Å². The van der Waals surface area contributed by atoms with Crippen LogP contribution in [0.3, 0.4) is 0 Å². The fourth-order valence-electron chi connectivity index (χ4n) is 1.57. The molecule has 1 heterocycles. The molecule has 1 aromatic heterocycles. The van der Waals surface area contributed by atoms with Crippen LogP contribution in [-0.2, 0) is 0 Å². The van der Waals surface area contributed by atoms with Gasteiger partial charge in [-0.1, -0.05) is 30.3 Å². The van der Waals surface area contributed by atoms with Gasteiger partial charge in [-0.05, 0) is 28.0 Å². The Morgan fingerprint density at radius 2 is 1.94 bits per heavy atom. The van der Waals surface area contributed by atoms with E-state index >= 15 is 0 Å². The van der Waals surface area contributed by atoms with Crippen molar-refractivity contribution < 1.29 is 9.90 Å². The van der Waals surface area contributed by atoms with Crippen LogP contribution in [0.1, 0.15) is 17.2 Å². The molecule has 82 valence electrons. The first kappa shape index (κ1) is 10.7. The van der Waals surface area contributed by atoms with Crippen molar-refractivity contribution in [2.75, 3.05) is 0 Å². The maximum atomic E-state index is 10.8. The van der Waals surface area contributed by atoms with Gasteiger partial charge >= 0.3 is 6.09 Å². The van der Waals surface area contributed by atoms with E-state index in [4.69, 9.17) is 5.11 Å². The summed E-state index contributed by atoms with van der Waals surface area (Å²) in [6, 6.07) is 11.2. The van der Waals surface area contributed by atoms with Crippen molar-refractivity contribution in [1.29, 1.82) is 0 Å². The quantitative estimate of drug-likeness (QED) is 0.855. The third-order valence-electron chi connectivity index (χ3n) is 2.28. The van der Waals surface area contributed by atoms with Gasteiger partial charge in [-0.15, -0.1) is 0 Å². The first-order valence-corrected chi connectivity index (χ1v) is 5.78. The molecule has 0 aliphatic heterocycles. The second-order valence-electron chi connectivity index (χ2n) is 3.35. The van der Waals surface area contributed by atoms with E-state index in [1.165, 1.54) is 0 Å². The van der Waals surface area contributed by atoms with Gasteiger partial charge in [-0.2, -0.15) is 11.3 Å². The second-order valence-corrected chi connectivity index (χ2v) is 4.13. The van der Waals surface area contributed by atoms with Crippen molar-refractivity contribution in [3.63, 3.8) is 0 Å². The lowest BCUT2D eigenvalue weighted by atomic mass is 10.0. The van der Waals surface area contributed by atoms with Crippen LogP contribution < -0.4 is 5.32 Å². The maximum absolute atomic E-state index is 10.8. The van der Waals surface area contributed by atoms with E-state index in [2.05, 4.69) is 5.32 Å². The molecule has 2 N–H and O–H groups in total. The number of carboxylic acid groups (broad SMARTS) is 1. The van der Waals surface area contributed by atoms with Crippen LogP contribution in [0, 0.1) is 0 Å².